The molecule has 29 heavy (non-hydrogen) atoms. The zero-order valence-corrected chi connectivity index (χ0v) is 18.2. The predicted molar refractivity (Wildman–Crippen MR) is 110 cm³/mol. The molecular formula is C25H40O4. The number of fused-ring (bicyclic) bond motifs is 10. The Morgan fingerprint density at radius 1 is 0.966 bits per heavy atom. The van der Waals surface area contributed by atoms with Gasteiger partial charge in [0.05, 0.1) is 17.3 Å². The van der Waals surface area contributed by atoms with Crippen LogP contribution in [0.4, 0.5) is 0 Å². The van der Waals surface area contributed by atoms with Crippen molar-refractivity contribution in [2.45, 2.75) is 95.4 Å². The van der Waals surface area contributed by atoms with Crippen molar-refractivity contribution in [2.75, 3.05) is 6.61 Å². The smallest absolute Gasteiger partial charge is 0.0759 e. The molecule has 4 nitrogen and oxygen atoms in total. The number of hydrogen-bond donors (Lipinski definition) is 4. The molecule has 6 aliphatic rings. The highest BCUT2D eigenvalue weighted by atomic mass is 16.3. The van der Waals surface area contributed by atoms with Crippen LogP contribution >= 0.6 is 0 Å². The topological polar surface area (TPSA) is 80.9 Å². The van der Waals surface area contributed by atoms with E-state index < -0.39 is 11.2 Å². The van der Waals surface area contributed by atoms with E-state index in [1.165, 1.54) is 6.42 Å². The summed E-state index contributed by atoms with van der Waals surface area (Å²) in [5.74, 6) is 3.85. The summed E-state index contributed by atoms with van der Waals surface area (Å²) in [4.78, 5) is 0. The fourth-order valence-electron chi connectivity index (χ4n) is 10.6. The number of aliphatic hydroxyl groups is 4. The van der Waals surface area contributed by atoms with Crippen molar-refractivity contribution in [3.8, 4) is 0 Å². The van der Waals surface area contributed by atoms with Gasteiger partial charge in [0, 0.05) is 18.4 Å². The highest BCUT2D eigenvalue weighted by molar-refractivity contribution is 5.30. The molecule has 164 valence electrons. The summed E-state index contributed by atoms with van der Waals surface area (Å²) >= 11 is 0. The lowest BCUT2D eigenvalue weighted by Crippen LogP contribution is -2.66. The van der Waals surface area contributed by atoms with Crippen molar-refractivity contribution in [3.05, 3.63) is 0 Å². The number of rotatable bonds is 4. The third kappa shape index (κ3) is 2.07. The van der Waals surface area contributed by atoms with E-state index in [0.29, 0.717) is 54.3 Å². The van der Waals surface area contributed by atoms with Gasteiger partial charge < -0.3 is 20.4 Å². The Kier molecular flexibility index (Phi) is 3.90. The van der Waals surface area contributed by atoms with E-state index in [1.807, 2.05) is 0 Å². The van der Waals surface area contributed by atoms with Crippen LogP contribution in [0.15, 0.2) is 0 Å². The molecule has 6 saturated carbocycles. The molecule has 0 aromatic rings. The molecule has 0 amide bonds. The van der Waals surface area contributed by atoms with Gasteiger partial charge in [0.15, 0.2) is 0 Å². The molecule has 0 saturated heterocycles. The van der Waals surface area contributed by atoms with E-state index in [2.05, 4.69) is 13.8 Å². The van der Waals surface area contributed by atoms with E-state index in [1.54, 1.807) is 0 Å². The first-order chi connectivity index (χ1) is 13.8. The monoisotopic (exact) mass is 404 g/mol. The standard InChI is InChI=1S/C25H40O4/c1-3-23-9-6-17-20(21(23)16-12-19(16)24(23,28)7-4-10-26)15-11-18(15)25(29)13-14(27)5-8-22(17,25)2/h14-21,26-29H,3-13H2,1-2H3/t14-,15-,16+,17?,18+,19-,20?,21?,22+,23-,24-,25+/m0/s1. The summed E-state index contributed by atoms with van der Waals surface area (Å²) < 4.78 is 0. The second-order valence-corrected chi connectivity index (χ2v) is 12.3. The average Bonchev–Trinajstić information content (AvgIpc) is 3.60. The molecule has 0 spiro atoms. The van der Waals surface area contributed by atoms with Crippen molar-refractivity contribution in [3.63, 3.8) is 0 Å². The van der Waals surface area contributed by atoms with Crippen LogP contribution in [-0.2, 0) is 0 Å². The van der Waals surface area contributed by atoms with E-state index in [0.717, 1.165) is 44.9 Å². The van der Waals surface area contributed by atoms with Gasteiger partial charge >= 0.3 is 0 Å². The quantitative estimate of drug-likeness (QED) is 0.580. The molecule has 0 aromatic heterocycles. The number of aliphatic hydroxyl groups excluding tert-OH is 2. The van der Waals surface area contributed by atoms with E-state index in [9.17, 15) is 20.4 Å². The van der Waals surface area contributed by atoms with Crippen LogP contribution < -0.4 is 0 Å². The fourth-order valence-corrected chi connectivity index (χ4v) is 10.6. The molecule has 0 radical (unpaired) electrons. The van der Waals surface area contributed by atoms with E-state index in [-0.39, 0.29) is 23.5 Å². The Morgan fingerprint density at radius 3 is 2.45 bits per heavy atom. The molecule has 3 unspecified atom stereocenters. The van der Waals surface area contributed by atoms with Crippen LogP contribution in [0.1, 0.15) is 78.1 Å². The van der Waals surface area contributed by atoms with E-state index in [4.69, 9.17) is 0 Å². The first-order valence-corrected chi connectivity index (χ1v) is 12.5. The molecular weight excluding hydrogens is 364 g/mol. The Bertz CT molecular complexity index is 711. The fraction of sp³-hybridized carbons (Fsp3) is 1.00. The minimum absolute atomic E-state index is 0.0179. The molecule has 4 heteroatoms. The third-order valence-electron chi connectivity index (χ3n) is 11.8. The van der Waals surface area contributed by atoms with Crippen molar-refractivity contribution in [1.29, 1.82) is 0 Å². The predicted octanol–water partition coefficient (Wildman–Crippen LogP) is 3.11. The van der Waals surface area contributed by atoms with Gasteiger partial charge in [-0.15, -0.1) is 0 Å². The van der Waals surface area contributed by atoms with Gasteiger partial charge in [-0.05, 0) is 105 Å². The van der Waals surface area contributed by atoms with Gasteiger partial charge in [-0.25, -0.2) is 0 Å². The lowest BCUT2D eigenvalue weighted by molar-refractivity contribution is -0.240. The first kappa shape index (κ1) is 19.5. The summed E-state index contributed by atoms with van der Waals surface area (Å²) in [6.45, 7) is 4.82. The Labute approximate surface area is 175 Å². The maximum atomic E-state index is 12.1. The maximum absolute atomic E-state index is 12.1. The summed E-state index contributed by atoms with van der Waals surface area (Å²) in [6, 6.07) is 0. The largest absolute Gasteiger partial charge is 0.396 e. The van der Waals surface area contributed by atoms with Crippen molar-refractivity contribution in [1.82, 2.24) is 0 Å². The SMILES string of the molecule is CC[C@]12CCC3C(C1[C@@H]1C[C@@H]1[C@@]2(O)CCCO)[C@H]1C[C@H]1[C@]1(O)C[C@@H](O)CC[C@]31C. The van der Waals surface area contributed by atoms with Crippen LogP contribution in [0, 0.1) is 52.3 Å². The molecule has 6 aliphatic carbocycles. The normalized spacial score (nSPS) is 64.3. The van der Waals surface area contributed by atoms with E-state index >= 15 is 0 Å². The van der Waals surface area contributed by atoms with Gasteiger partial charge in [0.1, 0.15) is 0 Å². The first-order valence-electron chi connectivity index (χ1n) is 12.5. The van der Waals surface area contributed by atoms with Gasteiger partial charge in [-0.3, -0.25) is 0 Å². The zero-order valence-electron chi connectivity index (χ0n) is 18.2. The molecule has 0 aliphatic heterocycles. The molecule has 12 atom stereocenters. The minimum Gasteiger partial charge on any atom is -0.396 e. The highest BCUT2D eigenvalue weighted by Crippen LogP contribution is 2.82. The molecule has 0 aromatic carbocycles. The highest BCUT2D eigenvalue weighted by Gasteiger charge is 2.81. The second-order valence-electron chi connectivity index (χ2n) is 12.3. The van der Waals surface area contributed by atoms with Crippen molar-refractivity contribution < 1.29 is 20.4 Å². The molecule has 4 N–H and O–H groups in total. The summed E-state index contributed by atoms with van der Waals surface area (Å²) in [7, 11) is 0. The second kappa shape index (κ2) is 5.79. The molecule has 6 fully saturated rings. The van der Waals surface area contributed by atoms with Crippen LogP contribution in [0.3, 0.4) is 0 Å². The minimum atomic E-state index is -0.683. The average molecular weight is 405 g/mol. The van der Waals surface area contributed by atoms with Gasteiger partial charge in [0.25, 0.3) is 0 Å². The van der Waals surface area contributed by atoms with Crippen LogP contribution in [0.2, 0.25) is 0 Å². The van der Waals surface area contributed by atoms with Gasteiger partial charge in [-0.1, -0.05) is 13.8 Å². The van der Waals surface area contributed by atoms with Crippen LogP contribution in [-0.4, -0.2) is 44.3 Å². The van der Waals surface area contributed by atoms with Crippen LogP contribution in [0.5, 0.6) is 0 Å². The summed E-state index contributed by atoms with van der Waals surface area (Å²) in [6.07, 6.45) is 9.03. The Hall–Kier alpha value is -0.160. The Morgan fingerprint density at radius 2 is 1.72 bits per heavy atom. The third-order valence-corrected chi connectivity index (χ3v) is 11.8. The lowest BCUT2D eigenvalue weighted by atomic mass is 9.41. The number of hydrogen-bond acceptors (Lipinski definition) is 4. The maximum Gasteiger partial charge on any atom is 0.0759 e. The zero-order chi connectivity index (χ0) is 20.4. The lowest BCUT2D eigenvalue weighted by Gasteiger charge is -2.65. The molecule has 0 heterocycles. The van der Waals surface area contributed by atoms with Crippen molar-refractivity contribution in [2.24, 2.45) is 52.3 Å². The van der Waals surface area contributed by atoms with Gasteiger partial charge in [-0.2, -0.15) is 0 Å². The molecule has 6 rings (SSSR count). The Balaban J connectivity index is 1.40. The van der Waals surface area contributed by atoms with Crippen LogP contribution in [0.25, 0.3) is 0 Å². The van der Waals surface area contributed by atoms with Gasteiger partial charge in [0.2, 0.25) is 0 Å². The summed E-state index contributed by atoms with van der Waals surface area (Å²) in [5, 5.41) is 43.8. The van der Waals surface area contributed by atoms with Crippen molar-refractivity contribution >= 4 is 0 Å². The molecule has 0 bridgehead atoms. The summed E-state index contributed by atoms with van der Waals surface area (Å²) in [5.41, 5.74) is -1.33.